The Kier molecular flexibility index (Phi) is 6.94. The van der Waals surface area contributed by atoms with Crippen LogP contribution < -0.4 is 0 Å². The van der Waals surface area contributed by atoms with Gasteiger partial charge in [0.15, 0.2) is 0 Å². The normalized spacial score (nSPS) is 11.5. The number of alkyl halides is 3. The van der Waals surface area contributed by atoms with Crippen molar-refractivity contribution in [1.82, 2.24) is 0 Å². The standard InChI is InChI=1S/C22H16S.CHF3O3S/c1-3-8-17(9-4-1)20-12-7-13-21(19-14-15-23-16-19)22(20)18-10-5-2-6-11-18;2-1(3,4)8(5,6)7/h1-16H;(H,5,6,7). The molecule has 1 N–H and O–H groups in total. The zero-order valence-corrected chi connectivity index (χ0v) is 17.6. The van der Waals surface area contributed by atoms with E-state index in [1.807, 2.05) is 0 Å². The lowest BCUT2D eigenvalue weighted by molar-refractivity contribution is -0.0510. The summed E-state index contributed by atoms with van der Waals surface area (Å²) in [5, 5.41) is 4.36. The van der Waals surface area contributed by atoms with Gasteiger partial charge < -0.3 is 0 Å². The molecule has 3 nitrogen and oxygen atoms in total. The van der Waals surface area contributed by atoms with E-state index in [1.54, 1.807) is 11.3 Å². The highest BCUT2D eigenvalue weighted by atomic mass is 32.2. The fourth-order valence-corrected chi connectivity index (χ4v) is 3.64. The Balaban J connectivity index is 0.000000293. The molecule has 0 radical (unpaired) electrons. The largest absolute Gasteiger partial charge is 0.522 e. The molecule has 0 amide bonds. The van der Waals surface area contributed by atoms with Gasteiger partial charge in [-0.1, -0.05) is 78.9 Å². The third kappa shape index (κ3) is 5.61. The Hall–Kier alpha value is -2.94. The predicted molar refractivity (Wildman–Crippen MR) is 118 cm³/mol. The van der Waals surface area contributed by atoms with Gasteiger partial charge in [0.05, 0.1) is 0 Å². The van der Waals surface area contributed by atoms with Crippen LogP contribution in [0.2, 0.25) is 0 Å². The van der Waals surface area contributed by atoms with Crippen LogP contribution in [0, 0.1) is 0 Å². The van der Waals surface area contributed by atoms with Crippen LogP contribution in [0.3, 0.4) is 0 Å². The Morgan fingerprint density at radius 3 is 1.61 bits per heavy atom. The summed E-state index contributed by atoms with van der Waals surface area (Å²) in [6, 6.07) is 30.1. The van der Waals surface area contributed by atoms with E-state index < -0.39 is 15.6 Å². The summed E-state index contributed by atoms with van der Waals surface area (Å²) in [6.07, 6.45) is 0. The first kappa shape index (κ1) is 22.7. The van der Waals surface area contributed by atoms with Gasteiger partial charge in [-0.3, -0.25) is 4.55 Å². The van der Waals surface area contributed by atoms with Crippen LogP contribution in [-0.4, -0.2) is 18.5 Å². The summed E-state index contributed by atoms with van der Waals surface area (Å²) in [6.45, 7) is 0. The van der Waals surface area contributed by atoms with Gasteiger partial charge in [0.2, 0.25) is 0 Å². The molecular formula is C23H17F3O3S2. The fourth-order valence-electron chi connectivity index (χ4n) is 2.98. The number of halogens is 3. The van der Waals surface area contributed by atoms with Gasteiger partial charge in [0.25, 0.3) is 0 Å². The lowest BCUT2D eigenvalue weighted by Crippen LogP contribution is -2.21. The van der Waals surface area contributed by atoms with Crippen LogP contribution in [0.25, 0.3) is 33.4 Å². The number of benzene rings is 3. The van der Waals surface area contributed by atoms with Crippen molar-refractivity contribution in [2.75, 3.05) is 0 Å². The third-order valence-electron chi connectivity index (χ3n) is 4.34. The highest BCUT2D eigenvalue weighted by Crippen LogP contribution is 2.40. The molecule has 4 rings (SSSR count). The van der Waals surface area contributed by atoms with Crippen LogP contribution in [0.1, 0.15) is 0 Å². The maximum atomic E-state index is 10.7. The van der Waals surface area contributed by atoms with Crippen LogP contribution in [0.15, 0.2) is 95.7 Å². The molecule has 31 heavy (non-hydrogen) atoms. The minimum Gasteiger partial charge on any atom is -0.279 e. The van der Waals surface area contributed by atoms with Crippen molar-refractivity contribution in [3.05, 3.63) is 95.7 Å². The summed E-state index contributed by atoms with van der Waals surface area (Å²) >= 11 is 1.74. The third-order valence-corrected chi connectivity index (χ3v) is 5.60. The lowest BCUT2D eigenvalue weighted by Gasteiger charge is -2.15. The molecule has 1 heterocycles. The van der Waals surface area contributed by atoms with Crippen molar-refractivity contribution in [3.63, 3.8) is 0 Å². The second kappa shape index (κ2) is 9.47. The first-order valence-electron chi connectivity index (χ1n) is 8.98. The molecule has 4 aromatic rings. The minimum absolute atomic E-state index is 1.25. The van der Waals surface area contributed by atoms with Crippen molar-refractivity contribution in [1.29, 1.82) is 0 Å². The Bertz CT molecular complexity index is 1220. The summed E-state index contributed by atoms with van der Waals surface area (Å²) in [5.41, 5.74) is 2.13. The molecule has 0 bridgehead atoms. The van der Waals surface area contributed by atoms with E-state index in [0.29, 0.717) is 0 Å². The van der Waals surface area contributed by atoms with E-state index in [0.717, 1.165) is 0 Å². The highest BCUT2D eigenvalue weighted by molar-refractivity contribution is 7.86. The smallest absolute Gasteiger partial charge is 0.279 e. The Morgan fingerprint density at radius 2 is 1.16 bits per heavy atom. The summed E-state index contributed by atoms with van der Waals surface area (Å²) < 4.78 is 57.5. The van der Waals surface area contributed by atoms with Crippen LogP contribution in [0.4, 0.5) is 13.2 Å². The van der Waals surface area contributed by atoms with E-state index in [1.165, 1.54) is 33.4 Å². The van der Waals surface area contributed by atoms with Crippen molar-refractivity contribution in [3.8, 4) is 33.4 Å². The van der Waals surface area contributed by atoms with Crippen molar-refractivity contribution < 1.29 is 26.1 Å². The molecule has 3 aromatic carbocycles. The van der Waals surface area contributed by atoms with Gasteiger partial charge in [0, 0.05) is 0 Å². The predicted octanol–water partition coefficient (Wildman–Crippen LogP) is 7.14. The first-order chi connectivity index (χ1) is 14.7. The van der Waals surface area contributed by atoms with Gasteiger partial charge >= 0.3 is 15.6 Å². The maximum Gasteiger partial charge on any atom is 0.522 e. The Labute approximate surface area is 182 Å². The van der Waals surface area contributed by atoms with Crippen LogP contribution in [0.5, 0.6) is 0 Å². The molecule has 160 valence electrons. The average molecular weight is 463 g/mol. The molecule has 0 saturated heterocycles. The average Bonchev–Trinajstić information content (AvgIpc) is 3.28. The molecular weight excluding hydrogens is 445 g/mol. The first-order valence-corrected chi connectivity index (χ1v) is 11.4. The molecule has 0 atom stereocenters. The summed E-state index contributed by atoms with van der Waals surface area (Å²) in [5.74, 6) is 0. The van der Waals surface area contributed by atoms with E-state index in [4.69, 9.17) is 13.0 Å². The van der Waals surface area contributed by atoms with Gasteiger partial charge in [-0.2, -0.15) is 32.9 Å². The molecule has 0 aliphatic rings. The van der Waals surface area contributed by atoms with Crippen LogP contribution in [-0.2, 0) is 10.1 Å². The molecule has 0 saturated carbocycles. The van der Waals surface area contributed by atoms with E-state index >= 15 is 0 Å². The molecule has 1 aromatic heterocycles. The SMILES string of the molecule is O=S(=O)(O)C(F)(F)F.c1ccc(-c2cccc(-c3ccsc3)c2-c2ccccc2)cc1. The number of hydrogen-bond donors (Lipinski definition) is 1. The summed E-state index contributed by atoms with van der Waals surface area (Å²) in [4.78, 5) is 0. The van der Waals surface area contributed by atoms with E-state index in [-0.39, 0.29) is 0 Å². The van der Waals surface area contributed by atoms with E-state index in [9.17, 15) is 13.2 Å². The monoisotopic (exact) mass is 462 g/mol. The zero-order chi connectivity index (χ0) is 22.5. The van der Waals surface area contributed by atoms with E-state index in [2.05, 4.69) is 95.7 Å². The maximum absolute atomic E-state index is 10.7. The topological polar surface area (TPSA) is 54.4 Å². The minimum atomic E-state index is -5.84. The van der Waals surface area contributed by atoms with Gasteiger partial charge in [0.1, 0.15) is 0 Å². The molecule has 0 unspecified atom stereocenters. The second-order valence-corrected chi connectivity index (χ2v) is 8.59. The second-order valence-electron chi connectivity index (χ2n) is 6.39. The molecule has 0 aliphatic heterocycles. The molecule has 0 spiro atoms. The van der Waals surface area contributed by atoms with Crippen molar-refractivity contribution in [2.45, 2.75) is 5.51 Å². The number of rotatable bonds is 3. The molecule has 0 fully saturated rings. The zero-order valence-electron chi connectivity index (χ0n) is 16.0. The highest BCUT2D eigenvalue weighted by Gasteiger charge is 2.44. The van der Waals surface area contributed by atoms with Crippen LogP contribution >= 0.6 is 11.3 Å². The van der Waals surface area contributed by atoms with Crippen molar-refractivity contribution >= 4 is 21.5 Å². The number of thiophene rings is 1. The quantitative estimate of drug-likeness (QED) is 0.260. The Morgan fingerprint density at radius 1 is 0.677 bits per heavy atom. The molecule has 0 aliphatic carbocycles. The van der Waals surface area contributed by atoms with Gasteiger partial charge in [-0.25, -0.2) is 0 Å². The lowest BCUT2D eigenvalue weighted by atomic mass is 9.88. The van der Waals surface area contributed by atoms with Gasteiger partial charge in [-0.05, 0) is 50.2 Å². The van der Waals surface area contributed by atoms with Crippen molar-refractivity contribution in [2.24, 2.45) is 0 Å². The summed E-state index contributed by atoms with van der Waals surface area (Å²) in [7, 11) is -5.84. The fraction of sp³-hybridized carbons (Fsp3) is 0.0435. The molecule has 8 heteroatoms. The van der Waals surface area contributed by atoms with Gasteiger partial charge in [-0.15, -0.1) is 0 Å². The number of hydrogen-bond acceptors (Lipinski definition) is 3.